The van der Waals surface area contributed by atoms with Crippen LogP contribution in [0.1, 0.15) is 12.1 Å². The molecule has 1 heterocycles. The Bertz CT molecular complexity index is 377. The van der Waals surface area contributed by atoms with Crippen molar-refractivity contribution in [3.63, 3.8) is 0 Å². The Hall–Kier alpha value is -2.02. The van der Waals surface area contributed by atoms with Gasteiger partial charge in [-0.25, -0.2) is 4.98 Å². The smallest absolute Gasteiger partial charge is 0.237 e. The van der Waals surface area contributed by atoms with Gasteiger partial charge < -0.3 is 25.6 Å². The summed E-state index contributed by atoms with van der Waals surface area (Å²) in [6.07, 6.45) is 4.37. The molecule has 17 heavy (non-hydrogen) atoms. The topological polar surface area (TPSA) is 118 Å². The molecule has 0 radical (unpaired) electrons. The molecule has 0 bridgehead atoms. The third-order valence-electron chi connectivity index (χ3n) is 2.17. The molecule has 1 aromatic heterocycles. The number of aromatic amines is 1. The molecule has 1 aromatic rings. The van der Waals surface area contributed by atoms with Gasteiger partial charge in [-0.2, -0.15) is 0 Å². The van der Waals surface area contributed by atoms with E-state index < -0.39 is 18.0 Å². The minimum Gasteiger partial charge on any atom is -0.348 e. The summed E-state index contributed by atoms with van der Waals surface area (Å²) in [4.78, 5) is 38.9. The zero-order chi connectivity index (χ0) is 12.7. The van der Waals surface area contributed by atoms with Crippen molar-refractivity contribution < 1.29 is 14.4 Å². The van der Waals surface area contributed by atoms with Crippen LogP contribution in [-0.2, 0) is 20.8 Å². The summed E-state index contributed by atoms with van der Waals surface area (Å²) in [6, 6.07) is -1.60. The molecule has 0 saturated heterocycles. The van der Waals surface area contributed by atoms with Gasteiger partial charge in [-0.3, -0.25) is 4.79 Å². The number of hydrogen-bond acceptors (Lipinski definition) is 5. The highest BCUT2D eigenvalue weighted by molar-refractivity contribution is 5.85. The van der Waals surface area contributed by atoms with Crippen LogP contribution >= 0.6 is 0 Å². The monoisotopic (exact) mass is 238 g/mol. The number of imidazole rings is 1. The highest BCUT2D eigenvalue weighted by atomic mass is 16.2. The first-order chi connectivity index (χ1) is 8.17. The predicted octanol–water partition coefficient (Wildman–Crippen LogP) is -1.45. The summed E-state index contributed by atoms with van der Waals surface area (Å²) in [5.41, 5.74) is 6.37. The number of nitrogens with one attached hydrogen (secondary N) is 2. The van der Waals surface area contributed by atoms with Crippen LogP contribution in [0.5, 0.6) is 0 Å². The average Bonchev–Trinajstić information content (AvgIpc) is 2.81. The van der Waals surface area contributed by atoms with Crippen molar-refractivity contribution in [1.29, 1.82) is 0 Å². The molecule has 7 heteroatoms. The van der Waals surface area contributed by atoms with E-state index in [9.17, 15) is 14.4 Å². The molecular weight excluding hydrogens is 224 g/mol. The Morgan fingerprint density at radius 1 is 1.59 bits per heavy atom. The highest BCUT2D eigenvalue weighted by Gasteiger charge is 2.18. The third kappa shape index (κ3) is 4.15. The van der Waals surface area contributed by atoms with E-state index >= 15 is 0 Å². The number of H-pyrrole nitrogens is 1. The molecule has 0 aromatic carbocycles. The summed E-state index contributed by atoms with van der Waals surface area (Å²) in [6.45, 7) is 0. The van der Waals surface area contributed by atoms with Crippen LogP contribution in [0, 0.1) is 0 Å². The van der Waals surface area contributed by atoms with E-state index in [2.05, 4.69) is 15.3 Å². The largest absolute Gasteiger partial charge is 0.348 e. The lowest BCUT2D eigenvalue weighted by molar-refractivity contribution is -0.125. The fraction of sp³-hybridized carbons (Fsp3) is 0.400. The molecule has 2 unspecified atom stereocenters. The van der Waals surface area contributed by atoms with Crippen LogP contribution in [0.2, 0.25) is 0 Å². The lowest BCUT2D eigenvalue weighted by Crippen LogP contribution is -2.47. The van der Waals surface area contributed by atoms with Crippen LogP contribution in [0.25, 0.3) is 0 Å². The number of rotatable bonds is 7. The van der Waals surface area contributed by atoms with E-state index in [4.69, 9.17) is 5.73 Å². The maximum absolute atomic E-state index is 11.6. The number of aldehydes is 2. The number of aromatic nitrogens is 2. The fourth-order valence-electron chi connectivity index (χ4n) is 1.27. The second-order valence-corrected chi connectivity index (χ2v) is 3.54. The molecule has 7 nitrogen and oxygen atoms in total. The molecule has 0 fully saturated rings. The average molecular weight is 238 g/mol. The lowest BCUT2D eigenvalue weighted by Gasteiger charge is -2.14. The number of carbonyl (C=O) groups is 3. The first-order valence-electron chi connectivity index (χ1n) is 5.09. The molecule has 1 rings (SSSR count). The van der Waals surface area contributed by atoms with Crippen molar-refractivity contribution in [3.8, 4) is 0 Å². The van der Waals surface area contributed by atoms with E-state index in [1.165, 1.54) is 6.33 Å². The van der Waals surface area contributed by atoms with Gasteiger partial charge in [-0.1, -0.05) is 0 Å². The zero-order valence-electron chi connectivity index (χ0n) is 9.13. The maximum Gasteiger partial charge on any atom is 0.237 e. The standard InChI is InChI=1S/C10H14N4O3/c11-9(3-8-4-12-6-13-8)10(17)14-7(5-16)1-2-15/h2,4-7,9H,1,3,11H2,(H,12,13)(H,14,17). The SMILES string of the molecule is NC(Cc1cnc[nH]1)C(=O)NC(C=O)CC=O. The maximum atomic E-state index is 11.6. The molecule has 2 atom stereocenters. The summed E-state index contributed by atoms with van der Waals surface area (Å²) >= 11 is 0. The van der Waals surface area contributed by atoms with Crippen molar-refractivity contribution in [2.24, 2.45) is 5.73 Å². The van der Waals surface area contributed by atoms with Crippen molar-refractivity contribution in [3.05, 3.63) is 18.2 Å². The second-order valence-electron chi connectivity index (χ2n) is 3.54. The molecule has 0 spiro atoms. The fourth-order valence-corrected chi connectivity index (χ4v) is 1.27. The molecule has 0 aliphatic rings. The number of carbonyl (C=O) groups excluding carboxylic acids is 3. The zero-order valence-corrected chi connectivity index (χ0v) is 9.13. The minimum atomic E-state index is -0.812. The highest BCUT2D eigenvalue weighted by Crippen LogP contribution is 1.97. The van der Waals surface area contributed by atoms with Gasteiger partial charge in [0.05, 0.1) is 18.4 Å². The van der Waals surface area contributed by atoms with E-state index in [1.54, 1.807) is 6.20 Å². The van der Waals surface area contributed by atoms with Crippen molar-refractivity contribution in [2.75, 3.05) is 0 Å². The molecular formula is C10H14N4O3. The van der Waals surface area contributed by atoms with Gasteiger partial charge in [0.15, 0.2) is 0 Å². The van der Waals surface area contributed by atoms with Crippen LogP contribution in [0.4, 0.5) is 0 Å². The molecule has 4 N–H and O–H groups in total. The van der Waals surface area contributed by atoms with E-state index in [1.807, 2.05) is 0 Å². The van der Waals surface area contributed by atoms with Gasteiger partial charge >= 0.3 is 0 Å². The van der Waals surface area contributed by atoms with Crippen LogP contribution in [0.15, 0.2) is 12.5 Å². The normalized spacial score (nSPS) is 13.7. The minimum absolute atomic E-state index is 0.0496. The first-order valence-corrected chi connectivity index (χ1v) is 5.09. The van der Waals surface area contributed by atoms with Gasteiger partial charge in [0, 0.05) is 24.7 Å². The Morgan fingerprint density at radius 2 is 2.35 bits per heavy atom. The molecule has 0 aliphatic carbocycles. The van der Waals surface area contributed by atoms with Gasteiger partial charge in [-0.05, 0) is 0 Å². The van der Waals surface area contributed by atoms with Crippen molar-refractivity contribution in [1.82, 2.24) is 15.3 Å². The number of nitrogens with zero attached hydrogens (tertiary/aromatic N) is 1. The van der Waals surface area contributed by atoms with Gasteiger partial charge in [-0.15, -0.1) is 0 Å². The van der Waals surface area contributed by atoms with Crippen LogP contribution in [0.3, 0.4) is 0 Å². The quantitative estimate of drug-likeness (QED) is 0.502. The Labute approximate surface area is 97.8 Å². The molecule has 1 amide bonds. The van der Waals surface area contributed by atoms with Gasteiger partial charge in [0.1, 0.15) is 12.6 Å². The third-order valence-corrected chi connectivity index (χ3v) is 2.17. The molecule has 0 saturated carbocycles. The van der Waals surface area contributed by atoms with E-state index in [0.717, 1.165) is 5.69 Å². The summed E-state index contributed by atoms with van der Waals surface area (Å²) in [7, 11) is 0. The predicted molar refractivity (Wildman–Crippen MR) is 58.9 cm³/mol. The lowest BCUT2D eigenvalue weighted by atomic mass is 10.1. The summed E-state index contributed by atoms with van der Waals surface area (Å²) in [5, 5.41) is 2.38. The molecule has 92 valence electrons. The van der Waals surface area contributed by atoms with E-state index in [0.29, 0.717) is 19.0 Å². The van der Waals surface area contributed by atoms with Crippen molar-refractivity contribution >= 4 is 18.5 Å². The van der Waals surface area contributed by atoms with Gasteiger partial charge in [0.25, 0.3) is 0 Å². The number of nitrogens with two attached hydrogens (primary N) is 1. The summed E-state index contributed by atoms with van der Waals surface area (Å²) in [5.74, 6) is -0.474. The number of amides is 1. The van der Waals surface area contributed by atoms with Crippen LogP contribution in [-0.4, -0.2) is 40.5 Å². The number of hydrogen-bond donors (Lipinski definition) is 3. The second kappa shape index (κ2) is 6.54. The first kappa shape index (κ1) is 13.0. The Morgan fingerprint density at radius 3 is 2.88 bits per heavy atom. The van der Waals surface area contributed by atoms with Crippen LogP contribution < -0.4 is 11.1 Å². The van der Waals surface area contributed by atoms with E-state index in [-0.39, 0.29) is 6.42 Å². The molecule has 0 aliphatic heterocycles. The van der Waals surface area contributed by atoms with Gasteiger partial charge in [0.2, 0.25) is 5.91 Å². The Kier molecular flexibility index (Phi) is 5.02. The summed E-state index contributed by atoms with van der Waals surface area (Å²) < 4.78 is 0. The van der Waals surface area contributed by atoms with Crippen molar-refractivity contribution in [2.45, 2.75) is 24.9 Å². The Balaban J connectivity index is 2.45.